The van der Waals surface area contributed by atoms with Crippen molar-refractivity contribution >= 4 is 17.1 Å². The van der Waals surface area contributed by atoms with Crippen LogP contribution in [0.2, 0.25) is 0 Å². The van der Waals surface area contributed by atoms with Gasteiger partial charge < -0.3 is 10.0 Å². The van der Waals surface area contributed by atoms with Crippen LogP contribution in [-0.2, 0) is 6.61 Å². The zero-order chi connectivity index (χ0) is 17.1. The van der Waals surface area contributed by atoms with Gasteiger partial charge in [0.25, 0.3) is 0 Å². The Bertz CT molecular complexity index is 774. The second-order valence-corrected chi connectivity index (χ2v) is 6.28. The summed E-state index contributed by atoms with van der Waals surface area (Å²) in [4.78, 5) is 2.24. The first-order valence-electron chi connectivity index (χ1n) is 8.22. The second-order valence-electron chi connectivity index (χ2n) is 6.28. The summed E-state index contributed by atoms with van der Waals surface area (Å²) in [6.45, 7) is 6.30. The van der Waals surface area contributed by atoms with Crippen LogP contribution in [0.1, 0.15) is 22.3 Å². The van der Waals surface area contributed by atoms with Crippen LogP contribution in [0.25, 0.3) is 0 Å². The molecule has 3 aromatic carbocycles. The average Bonchev–Trinajstić information content (AvgIpc) is 2.59. The lowest BCUT2D eigenvalue weighted by molar-refractivity contribution is 0.281. The Morgan fingerprint density at radius 2 is 1.12 bits per heavy atom. The van der Waals surface area contributed by atoms with E-state index in [1.165, 1.54) is 11.1 Å². The molecule has 0 heterocycles. The largest absolute Gasteiger partial charge is 0.392 e. The van der Waals surface area contributed by atoms with Crippen LogP contribution in [0.5, 0.6) is 0 Å². The molecule has 0 fully saturated rings. The normalized spacial score (nSPS) is 10.7. The predicted molar refractivity (Wildman–Crippen MR) is 101 cm³/mol. The summed E-state index contributed by atoms with van der Waals surface area (Å²) < 4.78 is 0. The number of anilines is 3. The standard InChI is InChI=1S/C22H23NO/c1-16-4-9-20(10-5-16)23(21-11-6-17(2)7-12-21)22-13-8-19(15-24)18(3)14-22/h4-14,24H,15H2,1-3H3. The molecule has 0 unspecified atom stereocenters. The molecule has 0 aromatic heterocycles. The molecule has 0 aliphatic carbocycles. The Hall–Kier alpha value is -2.58. The Morgan fingerprint density at radius 3 is 1.54 bits per heavy atom. The van der Waals surface area contributed by atoms with Crippen molar-refractivity contribution in [3.8, 4) is 0 Å². The number of nitrogens with zero attached hydrogens (tertiary/aromatic N) is 1. The molecule has 122 valence electrons. The molecule has 0 radical (unpaired) electrons. The molecule has 2 heteroatoms. The smallest absolute Gasteiger partial charge is 0.0684 e. The minimum atomic E-state index is 0.0706. The molecule has 0 spiro atoms. The highest BCUT2D eigenvalue weighted by molar-refractivity contribution is 5.77. The second kappa shape index (κ2) is 6.90. The fourth-order valence-electron chi connectivity index (χ4n) is 2.83. The monoisotopic (exact) mass is 317 g/mol. The van der Waals surface area contributed by atoms with Gasteiger partial charge in [-0.25, -0.2) is 0 Å². The fraction of sp³-hybridized carbons (Fsp3) is 0.182. The van der Waals surface area contributed by atoms with Gasteiger partial charge in [0.15, 0.2) is 0 Å². The number of aliphatic hydroxyl groups is 1. The van der Waals surface area contributed by atoms with Crippen LogP contribution in [0, 0.1) is 20.8 Å². The molecule has 0 amide bonds. The van der Waals surface area contributed by atoms with Crippen molar-refractivity contribution in [3.63, 3.8) is 0 Å². The SMILES string of the molecule is Cc1ccc(N(c2ccc(C)cc2)c2ccc(CO)c(C)c2)cc1. The highest BCUT2D eigenvalue weighted by atomic mass is 16.3. The number of aryl methyl sites for hydroxylation is 3. The van der Waals surface area contributed by atoms with Gasteiger partial charge in [0.1, 0.15) is 0 Å². The van der Waals surface area contributed by atoms with Crippen molar-refractivity contribution in [2.24, 2.45) is 0 Å². The first-order chi connectivity index (χ1) is 11.6. The molecule has 3 aromatic rings. The maximum atomic E-state index is 9.43. The van der Waals surface area contributed by atoms with Gasteiger partial charge in [-0.1, -0.05) is 41.5 Å². The van der Waals surface area contributed by atoms with Crippen molar-refractivity contribution in [1.29, 1.82) is 0 Å². The van der Waals surface area contributed by atoms with E-state index in [0.717, 1.165) is 28.2 Å². The van der Waals surface area contributed by atoms with E-state index in [4.69, 9.17) is 0 Å². The number of rotatable bonds is 4. The van der Waals surface area contributed by atoms with Crippen LogP contribution < -0.4 is 4.90 Å². The lowest BCUT2D eigenvalue weighted by atomic mass is 10.1. The summed E-state index contributed by atoms with van der Waals surface area (Å²) in [6.07, 6.45) is 0. The highest BCUT2D eigenvalue weighted by Crippen LogP contribution is 2.35. The quantitative estimate of drug-likeness (QED) is 0.679. The lowest BCUT2D eigenvalue weighted by Gasteiger charge is -2.26. The third kappa shape index (κ3) is 3.34. The van der Waals surface area contributed by atoms with E-state index >= 15 is 0 Å². The number of hydrogen-bond donors (Lipinski definition) is 1. The predicted octanol–water partition coefficient (Wildman–Crippen LogP) is 5.57. The van der Waals surface area contributed by atoms with Gasteiger partial charge in [-0.15, -0.1) is 0 Å². The van der Waals surface area contributed by atoms with Gasteiger partial charge in [-0.2, -0.15) is 0 Å². The summed E-state index contributed by atoms with van der Waals surface area (Å²) >= 11 is 0. The third-order valence-electron chi connectivity index (χ3n) is 4.34. The molecule has 0 saturated heterocycles. The van der Waals surface area contributed by atoms with Crippen LogP contribution in [-0.4, -0.2) is 5.11 Å². The van der Waals surface area contributed by atoms with Crippen LogP contribution in [0.3, 0.4) is 0 Å². The summed E-state index contributed by atoms with van der Waals surface area (Å²) in [5, 5.41) is 9.43. The van der Waals surface area contributed by atoms with Crippen molar-refractivity contribution < 1.29 is 5.11 Å². The van der Waals surface area contributed by atoms with Crippen LogP contribution in [0.15, 0.2) is 66.7 Å². The zero-order valence-electron chi connectivity index (χ0n) is 14.5. The Kier molecular flexibility index (Phi) is 4.68. The summed E-state index contributed by atoms with van der Waals surface area (Å²) in [5.74, 6) is 0. The average molecular weight is 317 g/mol. The number of aliphatic hydroxyl groups excluding tert-OH is 1. The Morgan fingerprint density at radius 1 is 0.667 bits per heavy atom. The number of benzene rings is 3. The van der Waals surface area contributed by atoms with Crippen molar-refractivity contribution in [2.75, 3.05) is 4.90 Å². The van der Waals surface area contributed by atoms with Crippen molar-refractivity contribution in [1.82, 2.24) is 0 Å². The van der Waals surface area contributed by atoms with Crippen LogP contribution in [0.4, 0.5) is 17.1 Å². The van der Waals surface area contributed by atoms with Crippen molar-refractivity contribution in [3.05, 3.63) is 89.0 Å². The fourth-order valence-corrected chi connectivity index (χ4v) is 2.83. The molecule has 0 bridgehead atoms. The van der Waals surface area contributed by atoms with E-state index in [-0.39, 0.29) is 6.61 Å². The molecule has 24 heavy (non-hydrogen) atoms. The van der Waals surface area contributed by atoms with Crippen LogP contribution >= 0.6 is 0 Å². The third-order valence-corrected chi connectivity index (χ3v) is 4.34. The van der Waals surface area contributed by atoms with Crippen molar-refractivity contribution in [2.45, 2.75) is 27.4 Å². The van der Waals surface area contributed by atoms with Gasteiger partial charge in [0.05, 0.1) is 6.61 Å². The van der Waals surface area contributed by atoms with E-state index in [2.05, 4.69) is 79.4 Å². The zero-order valence-corrected chi connectivity index (χ0v) is 14.5. The molecular formula is C22H23NO. The van der Waals surface area contributed by atoms with E-state index in [1.807, 2.05) is 13.0 Å². The van der Waals surface area contributed by atoms with E-state index in [9.17, 15) is 5.11 Å². The first-order valence-corrected chi connectivity index (χ1v) is 8.22. The molecular weight excluding hydrogens is 294 g/mol. The summed E-state index contributed by atoms with van der Waals surface area (Å²) in [6, 6.07) is 23.3. The molecule has 1 N–H and O–H groups in total. The molecule has 3 rings (SSSR count). The molecule has 0 aliphatic rings. The maximum absolute atomic E-state index is 9.43. The Balaban J connectivity index is 2.12. The number of hydrogen-bond acceptors (Lipinski definition) is 2. The van der Waals surface area contributed by atoms with Gasteiger partial charge in [-0.05, 0) is 68.3 Å². The van der Waals surface area contributed by atoms with Gasteiger partial charge in [0.2, 0.25) is 0 Å². The van der Waals surface area contributed by atoms with Gasteiger partial charge >= 0.3 is 0 Å². The van der Waals surface area contributed by atoms with E-state index < -0.39 is 0 Å². The highest BCUT2D eigenvalue weighted by Gasteiger charge is 2.13. The van der Waals surface area contributed by atoms with Gasteiger partial charge in [0, 0.05) is 17.1 Å². The minimum absolute atomic E-state index is 0.0706. The maximum Gasteiger partial charge on any atom is 0.0684 e. The molecule has 0 aliphatic heterocycles. The van der Waals surface area contributed by atoms with E-state index in [0.29, 0.717) is 0 Å². The lowest BCUT2D eigenvalue weighted by Crippen LogP contribution is -2.10. The molecule has 2 nitrogen and oxygen atoms in total. The van der Waals surface area contributed by atoms with E-state index in [1.54, 1.807) is 0 Å². The summed E-state index contributed by atoms with van der Waals surface area (Å²) in [7, 11) is 0. The molecule has 0 saturated carbocycles. The molecule has 0 atom stereocenters. The topological polar surface area (TPSA) is 23.5 Å². The minimum Gasteiger partial charge on any atom is -0.392 e. The van der Waals surface area contributed by atoms with Gasteiger partial charge in [-0.3, -0.25) is 0 Å². The Labute approximate surface area is 144 Å². The summed E-state index contributed by atoms with van der Waals surface area (Å²) in [5.41, 5.74) is 7.90. The first kappa shape index (κ1) is 16.3.